The van der Waals surface area contributed by atoms with Crippen molar-refractivity contribution in [1.29, 1.82) is 0 Å². The Bertz CT molecular complexity index is 540. The molecule has 0 aliphatic heterocycles. The van der Waals surface area contributed by atoms with Crippen molar-refractivity contribution in [2.24, 2.45) is 0 Å². The van der Waals surface area contributed by atoms with Crippen molar-refractivity contribution < 1.29 is 8.94 Å². The van der Waals surface area contributed by atoms with Crippen molar-refractivity contribution in [2.75, 3.05) is 0 Å². The molecule has 0 saturated heterocycles. The standard InChI is InChI=1S/C13H19N3O2/c1-7(2)14-6-11-15-13(18-16-11)12-8(3)9(4)17-10(12)5/h7,14H,6H2,1-5H3. The van der Waals surface area contributed by atoms with E-state index in [1.165, 1.54) is 0 Å². The van der Waals surface area contributed by atoms with E-state index in [1.807, 2.05) is 20.8 Å². The topological polar surface area (TPSA) is 64.1 Å². The Labute approximate surface area is 107 Å². The lowest BCUT2D eigenvalue weighted by Gasteiger charge is -2.03. The van der Waals surface area contributed by atoms with E-state index < -0.39 is 0 Å². The van der Waals surface area contributed by atoms with Crippen LogP contribution in [-0.2, 0) is 6.54 Å². The summed E-state index contributed by atoms with van der Waals surface area (Å²) in [5, 5.41) is 7.22. The summed E-state index contributed by atoms with van der Waals surface area (Å²) in [5.74, 6) is 2.90. The highest BCUT2D eigenvalue weighted by molar-refractivity contribution is 5.61. The van der Waals surface area contributed by atoms with Crippen molar-refractivity contribution in [1.82, 2.24) is 15.5 Å². The first kappa shape index (κ1) is 12.8. The van der Waals surface area contributed by atoms with Gasteiger partial charge >= 0.3 is 0 Å². The van der Waals surface area contributed by atoms with Gasteiger partial charge in [-0.25, -0.2) is 0 Å². The van der Waals surface area contributed by atoms with Crippen molar-refractivity contribution in [2.45, 2.75) is 47.2 Å². The SMILES string of the molecule is Cc1oc(C)c(-c2nc(CNC(C)C)no2)c1C. The van der Waals surface area contributed by atoms with Crippen molar-refractivity contribution >= 4 is 0 Å². The van der Waals surface area contributed by atoms with Gasteiger partial charge in [0.1, 0.15) is 11.5 Å². The number of nitrogens with zero attached hydrogens (tertiary/aromatic N) is 2. The summed E-state index contributed by atoms with van der Waals surface area (Å²) in [5.41, 5.74) is 1.97. The van der Waals surface area contributed by atoms with Crippen LogP contribution in [0, 0.1) is 20.8 Å². The summed E-state index contributed by atoms with van der Waals surface area (Å²) >= 11 is 0. The highest BCUT2D eigenvalue weighted by Gasteiger charge is 2.19. The number of aromatic nitrogens is 2. The molecule has 2 aromatic rings. The second kappa shape index (κ2) is 4.94. The maximum atomic E-state index is 5.56. The molecule has 2 rings (SSSR count). The zero-order chi connectivity index (χ0) is 13.3. The average molecular weight is 249 g/mol. The molecule has 0 aliphatic rings. The van der Waals surface area contributed by atoms with Gasteiger partial charge in [-0.3, -0.25) is 0 Å². The fraction of sp³-hybridized carbons (Fsp3) is 0.538. The summed E-state index contributed by atoms with van der Waals surface area (Å²) in [6.07, 6.45) is 0. The zero-order valence-electron chi connectivity index (χ0n) is 11.5. The van der Waals surface area contributed by atoms with Crippen LogP contribution >= 0.6 is 0 Å². The second-order valence-electron chi connectivity index (χ2n) is 4.77. The Morgan fingerprint density at radius 1 is 1.17 bits per heavy atom. The predicted octanol–water partition coefficient (Wildman–Crippen LogP) is 2.75. The number of furan rings is 1. The van der Waals surface area contributed by atoms with E-state index in [0.29, 0.717) is 24.3 Å². The first-order valence-corrected chi connectivity index (χ1v) is 6.12. The van der Waals surface area contributed by atoms with Crippen molar-refractivity contribution in [3.05, 3.63) is 22.9 Å². The van der Waals surface area contributed by atoms with Crippen LogP contribution in [0.25, 0.3) is 11.5 Å². The number of rotatable bonds is 4. The molecular weight excluding hydrogens is 230 g/mol. The molecule has 0 aromatic carbocycles. The first-order valence-electron chi connectivity index (χ1n) is 6.12. The van der Waals surface area contributed by atoms with Crippen molar-refractivity contribution in [3.8, 4) is 11.5 Å². The van der Waals surface area contributed by atoms with Crippen LogP contribution in [0.15, 0.2) is 8.94 Å². The smallest absolute Gasteiger partial charge is 0.261 e. The third kappa shape index (κ3) is 2.46. The van der Waals surface area contributed by atoms with Gasteiger partial charge in [0.25, 0.3) is 5.89 Å². The average Bonchev–Trinajstić information content (AvgIpc) is 2.83. The molecule has 0 unspecified atom stereocenters. The van der Waals surface area contributed by atoms with Crippen LogP contribution in [0.4, 0.5) is 0 Å². The fourth-order valence-electron chi connectivity index (χ4n) is 1.83. The van der Waals surface area contributed by atoms with E-state index in [4.69, 9.17) is 8.94 Å². The van der Waals surface area contributed by atoms with Crippen LogP contribution in [0.1, 0.15) is 36.8 Å². The lowest BCUT2D eigenvalue weighted by molar-refractivity contribution is 0.415. The monoisotopic (exact) mass is 249 g/mol. The van der Waals surface area contributed by atoms with Gasteiger partial charge in [-0.2, -0.15) is 4.98 Å². The number of hydrogen-bond donors (Lipinski definition) is 1. The molecule has 0 saturated carbocycles. The first-order chi connectivity index (χ1) is 8.49. The van der Waals surface area contributed by atoms with Gasteiger partial charge in [0, 0.05) is 11.6 Å². The van der Waals surface area contributed by atoms with Crippen LogP contribution in [0.5, 0.6) is 0 Å². The summed E-state index contributed by atoms with van der Waals surface area (Å²) in [4.78, 5) is 4.39. The lowest BCUT2D eigenvalue weighted by atomic mass is 10.1. The minimum Gasteiger partial charge on any atom is -0.466 e. The molecule has 98 valence electrons. The van der Waals surface area contributed by atoms with E-state index >= 15 is 0 Å². The van der Waals surface area contributed by atoms with E-state index in [-0.39, 0.29) is 0 Å². The van der Waals surface area contributed by atoms with Gasteiger partial charge in [-0.05, 0) is 20.8 Å². The summed E-state index contributed by atoms with van der Waals surface area (Å²) in [6, 6.07) is 0.395. The Hall–Kier alpha value is -1.62. The van der Waals surface area contributed by atoms with Crippen LogP contribution in [-0.4, -0.2) is 16.2 Å². The Morgan fingerprint density at radius 3 is 2.44 bits per heavy atom. The predicted molar refractivity (Wildman–Crippen MR) is 68.2 cm³/mol. The molecule has 0 atom stereocenters. The van der Waals surface area contributed by atoms with E-state index in [1.54, 1.807) is 0 Å². The molecular formula is C13H19N3O2. The highest BCUT2D eigenvalue weighted by atomic mass is 16.5. The molecule has 0 fully saturated rings. The maximum Gasteiger partial charge on any atom is 0.261 e. The van der Waals surface area contributed by atoms with Gasteiger partial charge in [-0.15, -0.1) is 0 Å². The molecule has 5 nitrogen and oxygen atoms in total. The summed E-state index contributed by atoms with van der Waals surface area (Å²) in [6.45, 7) is 10.6. The molecule has 0 radical (unpaired) electrons. The normalized spacial score (nSPS) is 11.4. The number of nitrogens with one attached hydrogen (secondary N) is 1. The van der Waals surface area contributed by atoms with Gasteiger partial charge < -0.3 is 14.3 Å². The second-order valence-corrected chi connectivity index (χ2v) is 4.77. The van der Waals surface area contributed by atoms with Gasteiger partial charge in [0.05, 0.1) is 12.1 Å². The fourth-order valence-corrected chi connectivity index (χ4v) is 1.83. The molecule has 2 aromatic heterocycles. The molecule has 18 heavy (non-hydrogen) atoms. The molecule has 0 amide bonds. The molecule has 0 bridgehead atoms. The molecule has 2 heterocycles. The lowest BCUT2D eigenvalue weighted by Crippen LogP contribution is -2.22. The minimum atomic E-state index is 0.395. The third-order valence-electron chi connectivity index (χ3n) is 2.91. The van der Waals surface area contributed by atoms with Crippen LogP contribution in [0.2, 0.25) is 0 Å². The quantitative estimate of drug-likeness (QED) is 0.902. The van der Waals surface area contributed by atoms with Crippen LogP contribution in [0.3, 0.4) is 0 Å². The Kier molecular flexibility index (Phi) is 3.52. The summed E-state index contributed by atoms with van der Waals surface area (Å²) < 4.78 is 10.9. The third-order valence-corrected chi connectivity index (χ3v) is 2.91. The largest absolute Gasteiger partial charge is 0.466 e. The number of aryl methyl sites for hydroxylation is 2. The highest BCUT2D eigenvalue weighted by Crippen LogP contribution is 2.30. The van der Waals surface area contributed by atoms with E-state index in [9.17, 15) is 0 Å². The van der Waals surface area contributed by atoms with E-state index in [2.05, 4.69) is 29.3 Å². The maximum absolute atomic E-state index is 5.56. The van der Waals surface area contributed by atoms with Crippen LogP contribution < -0.4 is 5.32 Å². The van der Waals surface area contributed by atoms with E-state index in [0.717, 1.165) is 22.6 Å². The van der Waals surface area contributed by atoms with Gasteiger partial charge in [0.15, 0.2) is 5.82 Å². The summed E-state index contributed by atoms with van der Waals surface area (Å²) in [7, 11) is 0. The van der Waals surface area contributed by atoms with Gasteiger partial charge in [-0.1, -0.05) is 19.0 Å². The number of hydrogen-bond acceptors (Lipinski definition) is 5. The van der Waals surface area contributed by atoms with Gasteiger partial charge in [0.2, 0.25) is 0 Å². The Morgan fingerprint density at radius 2 is 1.89 bits per heavy atom. The molecule has 1 N–H and O–H groups in total. The Balaban J connectivity index is 2.24. The molecule has 5 heteroatoms. The zero-order valence-corrected chi connectivity index (χ0v) is 11.5. The molecule has 0 aliphatic carbocycles. The minimum absolute atomic E-state index is 0.395. The van der Waals surface area contributed by atoms with Crippen molar-refractivity contribution in [3.63, 3.8) is 0 Å². The molecule has 0 spiro atoms.